The van der Waals surface area contributed by atoms with Crippen LogP contribution in [0.3, 0.4) is 0 Å². The van der Waals surface area contributed by atoms with Crippen LogP contribution in [0.25, 0.3) is 0 Å². The number of likely N-dealkylation sites (tertiary alicyclic amines) is 1. The van der Waals surface area contributed by atoms with Crippen molar-refractivity contribution in [2.75, 3.05) is 18.4 Å². The van der Waals surface area contributed by atoms with Crippen LogP contribution in [0.5, 0.6) is 0 Å². The van der Waals surface area contributed by atoms with Crippen molar-refractivity contribution >= 4 is 17.5 Å². The lowest BCUT2D eigenvalue weighted by atomic mass is 9.99. The van der Waals surface area contributed by atoms with Crippen LogP contribution in [-0.2, 0) is 4.79 Å². The number of amides is 2. The molecule has 2 amide bonds. The van der Waals surface area contributed by atoms with Crippen molar-refractivity contribution in [1.82, 2.24) is 4.90 Å². The van der Waals surface area contributed by atoms with Gasteiger partial charge in [-0.3, -0.25) is 9.59 Å². The third kappa shape index (κ3) is 4.97. The third-order valence-corrected chi connectivity index (χ3v) is 5.13. The predicted octanol–water partition coefficient (Wildman–Crippen LogP) is 4.69. The average Bonchev–Trinajstić information content (AvgIpc) is 3.17. The smallest absolute Gasteiger partial charge is 0.255 e. The molecule has 1 heterocycles. The quantitative estimate of drug-likeness (QED) is 0.808. The maximum atomic E-state index is 13.1. The molecule has 1 aliphatic rings. The van der Waals surface area contributed by atoms with Gasteiger partial charge >= 0.3 is 0 Å². The second-order valence-corrected chi connectivity index (χ2v) is 7.67. The maximum Gasteiger partial charge on any atom is 0.255 e. The van der Waals surface area contributed by atoms with Gasteiger partial charge in [0.05, 0.1) is 11.3 Å². The summed E-state index contributed by atoms with van der Waals surface area (Å²) in [4.78, 5) is 27.2. The van der Waals surface area contributed by atoms with Crippen molar-refractivity contribution < 1.29 is 9.59 Å². The summed E-state index contributed by atoms with van der Waals surface area (Å²) in [5.74, 6) is 0.816. The van der Waals surface area contributed by atoms with Gasteiger partial charge < -0.3 is 10.2 Å². The monoisotopic (exact) mass is 364 g/mol. The Labute approximate surface area is 161 Å². The second-order valence-electron chi connectivity index (χ2n) is 7.67. The van der Waals surface area contributed by atoms with Crippen LogP contribution in [0.1, 0.15) is 54.9 Å². The summed E-state index contributed by atoms with van der Waals surface area (Å²) in [5.41, 5.74) is 2.46. The van der Waals surface area contributed by atoms with Crippen LogP contribution in [0.4, 0.5) is 5.69 Å². The van der Waals surface area contributed by atoms with Crippen molar-refractivity contribution in [2.24, 2.45) is 5.92 Å². The van der Waals surface area contributed by atoms with E-state index in [0.717, 1.165) is 25.9 Å². The fourth-order valence-corrected chi connectivity index (χ4v) is 3.52. The van der Waals surface area contributed by atoms with E-state index in [-0.39, 0.29) is 11.8 Å². The van der Waals surface area contributed by atoms with Crippen LogP contribution in [0, 0.1) is 5.92 Å². The highest BCUT2D eigenvalue weighted by atomic mass is 16.2. The molecular formula is C23H28N2O2. The Bertz CT molecular complexity index is 786. The van der Waals surface area contributed by atoms with E-state index in [1.165, 1.54) is 5.56 Å². The van der Waals surface area contributed by atoms with Gasteiger partial charge in [-0.15, -0.1) is 0 Å². The zero-order chi connectivity index (χ0) is 19.2. The van der Waals surface area contributed by atoms with Crippen molar-refractivity contribution in [3.8, 4) is 0 Å². The fraction of sp³-hybridized carbons (Fsp3) is 0.391. The summed E-state index contributed by atoms with van der Waals surface area (Å²) in [6, 6.07) is 17.7. The normalized spacial score (nSPS) is 16.6. The number of hydrogen-bond acceptors (Lipinski definition) is 2. The van der Waals surface area contributed by atoms with Gasteiger partial charge in [0, 0.05) is 25.4 Å². The molecule has 0 aromatic heterocycles. The molecule has 1 unspecified atom stereocenters. The predicted molar refractivity (Wildman–Crippen MR) is 109 cm³/mol. The molecule has 4 nitrogen and oxygen atoms in total. The molecule has 0 spiro atoms. The molecule has 1 N–H and O–H groups in total. The van der Waals surface area contributed by atoms with Gasteiger partial charge in [-0.1, -0.05) is 56.3 Å². The molecule has 0 aliphatic carbocycles. The molecule has 1 saturated heterocycles. The van der Waals surface area contributed by atoms with E-state index in [9.17, 15) is 9.59 Å². The molecule has 2 aromatic carbocycles. The number of nitrogens with one attached hydrogen (secondary N) is 1. The maximum absolute atomic E-state index is 13.1. The van der Waals surface area contributed by atoms with E-state index in [4.69, 9.17) is 0 Å². The lowest BCUT2D eigenvalue weighted by Gasteiger charge is -2.19. The molecule has 142 valence electrons. The Balaban J connectivity index is 1.68. The molecule has 4 heteroatoms. The second kappa shape index (κ2) is 8.85. The number of nitrogens with zero attached hydrogens (tertiary/aromatic N) is 1. The van der Waals surface area contributed by atoms with Gasteiger partial charge in [0.25, 0.3) is 5.91 Å². The number of carbonyl (C=O) groups excluding carboxylic acids is 2. The average molecular weight is 364 g/mol. The van der Waals surface area contributed by atoms with Gasteiger partial charge in [0.15, 0.2) is 0 Å². The molecular weight excluding hydrogens is 336 g/mol. The van der Waals surface area contributed by atoms with Crippen molar-refractivity contribution in [2.45, 2.75) is 39.0 Å². The van der Waals surface area contributed by atoms with Crippen LogP contribution >= 0.6 is 0 Å². The largest absolute Gasteiger partial charge is 0.338 e. The summed E-state index contributed by atoms with van der Waals surface area (Å²) >= 11 is 0. The van der Waals surface area contributed by atoms with E-state index in [1.807, 2.05) is 41.3 Å². The number of carbonyl (C=O) groups is 2. The summed E-state index contributed by atoms with van der Waals surface area (Å²) in [6.45, 7) is 5.66. The molecule has 1 atom stereocenters. The summed E-state index contributed by atoms with van der Waals surface area (Å²) in [6.07, 6.45) is 2.28. The lowest BCUT2D eigenvalue weighted by molar-refractivity contribution is -0.116. The molecule has 0 bridgehead atoms. The highest BCUT2D eigenvalue weighted by Gasteiger charge is 2.29. The van der Waals surface area contributed by atoms with E-state index < -0.39 is 0 Å². The Morgan fingerprint density at radius 2 is 1.78 bits per heavy atom. The lowest BCUT2D eigenvalue weighted by Crippen LogP contribution is -2.29. The highest BCUT2D eigenvalue weighted by Crippen LogP contribution is 2.29. The fourth-order valence-electron chi connectivity index (χ4n) is 3.52. The SMILES string of the molecule is CC(C)CCC(=O)Nc1ccccc1C(=O)N1CCC(c2ccccc2)C1. The number of benzene rings is 2. The Morgan fingerprint density at radius 1 is 1.07 bits per heavy atom. The zero-order valence-electron chi connectivity index (χ0n) is 16.2. The van der Waals surface area contributed by atoms with Crippen LogP contribution < -0.4 is 5.32 Å². The van der Waals surface area contributed by atoms with E-state index in [0.29, 0.717) is 29.5 Å². The van der Waals surface area contributed by atoms with E-state index in [2.05, 4.69) is 31.3 Å². The van der Waals surface area contributed by atoms with Gasteiger partial charge in [-0.05, 0) is 36.5 Å². The molecule has 1 aliphatic heterocycles. The van der Waals surface area contributed by atoms with Crippen molar-refractivity contribution in [3.63, 3.8) is 0 Å². The van der Waals surface area contributed by atoms with Gasteiger partial charge in [-0.2, -0.15) is 0 Å². The molecule has 0 saturated carbocycles. The van der Waals surface area contributed by atoms with Gasteiger partial charge in [-0.25, -0.2) is 0 Å². The van der Waals surface area contributed by atoms with E-state index in [1.54, 1.807) is 6.07 Å². The molecule has 0 radical (unpaired) electrons. The Kier molecular flexibility index (Phi) is 6.28. The van der Waals surface area contributed by atoms with Crippen LogP contribution in [0.15, 0.2) is 54.6 Å². The zero-order valence-corrected chi connectivity index (χ0v) is 16.2. The summed E-state index contributed by atoms with van der Waals surface area (Å²) < 4.78 is 0. The van der Waals surface area contributed by atoms with Crippen LogP contribution in [-0.4, -0.2) is 29.8 Å². The highest BCUT2D eigenvalue weighted by molar-refractivity contribution is 6.03. The first-order chi connectivity index (χ1) is 13.0. The minimum absolute atomic E-state index is 0.00630. The van der Waals surface area contributed by atoms with Crippen LogP contribution in [0.2, 0.25) is 0 Å². The first-order valence-electron chi connectivity index (χ1n) is 9.77. The minimum Gasteiger partial charge on any atom is -0.338 e. The van der Waals surface area contributed by atoms with Crippen molar-refractivity contribution in [3.05, 3.63) is 65.7 Å². The molecule has 2 aromatic rings. The van der Waals surface area contributed by atoms with Crippen molar-refractivity contribution in [1.29, 1.82) is 0 Å². The molecule has 3 rings (SSSR count). The first kappa shape index (κ1) is 19.2. The Morgan fingerprint density at radius 3 is 2.52 bits per heavy atom. The molecule has 1 fully saturated rings. The number of anilines is 1. The molecule has 27 heavy (non-hydrogen) atoms. The van der Waals surface area contributed by atoms with Gasteiger partial charge in [0.2, 0.25) is 5.91 Å². The van der Waals surface area contributed by atoms with E-state index >= 15 is 0 Å². The third-order valence-electron chi connectivity index (χ3n) is 5.13. The number of rotatable bonds is 6. The summed E-state index contributed by atoms with van der Waals surface area (Å²) in [5, 5.41) is 2.93. The topological polar surface area (TPSA) is 49.4 Å². The van der Waals surface area contributed by atoms with Gasteiger partial charge in [0.1, 0.15) is 0 Å². The Hall–Kier alpha value is -2.62. The number of para-hydroxylation sites is 1. The first-order valence-corrected chi connectivity index (χ1v) is 9.77. The standard InChI is InChI=1S/C23H28N2O2/c1-17(2)12-13-22(26)24-21-11-7-6-10-20(21)23(27)25-15-14-19(16-25)18-8-4-3-5-9-18/h3-11,17,19H,12-16H2,1-2H3,(H,24,26). The minimum atomic E-state index is -0.0347. The summed E-state index contributed by atoms with van der Waals surface area (Å²) in [7, 11) is 0. The number of hydrogen-bond donors (Lipinski definition) is 1.